The molecule has 0 aliphatic heterocycles. The summed E-state index contributed by atoms with van der Waals surface area (Å²) in [5.74, 6) is 0.886. The molecule has 0 unspecified atom stereocenters. The van der Waals surface area contributed by atoms with Gasteiger partial charge in [0.2, 0.25) is 0 Å². The van der Waals surface area contributed by atoms with Gasteiger partial charge in [0.1, 0.15) is 11.7 Å². The maximum Gasteiger partial charge on any atom is 0.158 e. The number of rotatable bonds is 5. The average Bonchev–Trinajstić information content (AvgIpc) is 2.91. The molecule has 5 nitrogen and oxygen atoms in total. The molecule has 1 heterocycles. The van der Waals surface area contributed by atoms with Crippen molar-refractivity contribution in [3.05, 3.63) is 54.4 Å². The molecule has 0 amide bonds. The molecule has 0 saturated carbocycles. The number of fused-ring (bicyclic) bond motifs is 1. The second kappa shape index (κ2) is 6.19. The van der Waals surface area contributed by atoms with Crippen molar-refractivity contribution in [2.24, 2.45) is 0 Å². The number of imidazole rings is 1. The van der Waals surface area contributed by atoms with E-state index < -0.39 is 10.7 Å². The lowest BCUT2D eigenvalue weighted by atomic mass is 10.2. The van der Waals surface area contributed by atoms with Crippen molar-refractivity contribution in [1.29, 1.82) is 0 Å². The smallest absolute Gasteiger partial charge is 0.158 e. The van der Waals surface area contributed by atoms with Gasteiger partial charge in [0, 0.05) is 17.8 Å². The maximum absolute atomic E-state index is 10.7. The van der Waals surface area contributed by atoms with E-state index in [1.807, 2.05) is 42.5 Å². The Hall–Kier alpha value is -2.34. The summed E-state index contributed by atoms with van der Waals surface area (Å²) in [5.41, 5.74) is 3.60. The van der Waals surface area contributed by atoms with E-state index in [-0.39, 0.29) is 5.88 Å². The van der Waals surface area contributed by atoms with Crippen molar-refractivity contribution < 1.29 is 8.42 Å². The number of benzene rings is 2. The summed E-state index contributed by atoms with van der Waals surface area (Å²) >= 11 is 0. The van der Waals surface area contributed by atoms with Crippen molar-refractivity contribution in [3.8, 4) is 5.69 Å². The van der Waals surface area contributed by atoms with Crippen LogP contribution in [0.5, 0.6) is 0 Å². The number of aromatic nitrogens is 2. The zero-order valence-corrected chi connectivity index (χ0v) is 13.0. The summed E-state index contributed by atoms with van der Waals surface area (Å²) in [5, 5.41) is 2.87. The van der Waals surface area contributed by atoms with Crippen LogP contribution in [0.3, 0.4) is 0 Å². The van der Waals surface area contributed by atoms with E-state index in [0.717, 1.165) is 34.7 Å². The number of nitrogens with zero attached hydrogens (tertiary/aromatic N) is 2. The average molecular weight is 314 g/mol. The van der Waals surface area contributed by atoms with Gasteiger partial charge in [-0.15, -0.1) is 0 Å². The molecule has 6 heteroatoms. The first-order chi connectivity index (χ1) is 10.7. The van der Waals surface area contributed by atoms with E-state index in [1.54, 1.807) is 0 Å². The minimum Gasteiger partial charge on any atom is -0.372 e. The molecule has 3 aromatic rings. The van der Waals surface area contributed by atoms with Crippen molar-refractivity contribution in [3.63, 3.8) is 0 Å². The van der Waals surface area contributed by atoms with Gasteiger partial charge in [0.05, 0.1) is 11.0 Å². The van der Waals surface area contributed by atoms with Crippen LogP contribution in [-0.2, 0) is 17.1 Å². The highest BCUT2D eigenvalue weighted by molar-refractivity contribution is 7.72. The lowest BCUT2D eigenvalue weighted by Gasteiger charge is -2.08. The fraction of sp³-hybridized carbons (Fsp3) is 0.188. The van der Waals surface area contributed by atoms with Crippen LogP contribution in [0.4, 0.5) is 5.69 Å². The molecule has 0 bridgehead atoms. The number of aryl methyl sites for hydroxylation is 1. The monoisotopic (exact) mass is 314 g/mol. The van der Waals surface area contributed by atoms with Gasteiger partial charge in [-0.3, -0.25) is 4.57 Å². The highest BCUT2D eigenvalue weighted by atomic mass is 32.2. The third-order valence-electron chi connectivity index (χ3n) is 3.40. The standard InChI is InChI=1S/C16H16N3O2S/c1-2-16-18-14-10-12(17-11-22(20)21)8-9-15(14)19(16)13-6-4-3-5-7-13/h3-4,6-10,17,22H,2,11H2,1H3. The van der Waals surface area contributed by atoms with Gasteiger partial charge in [-0.1, -0.05) is 19.1 Å². The molecule has 22 heavy (non-hydrogen) atoms. The third-order valence-corrected chi connectivity index (χ3v) is 3.82. The quantitative estimate of drug-likeness (QED) is 0.710. The molecular weight excluding hydrogens is 298 g/mol. The van der Waals surface area contributed by atoms with Crippen LogP contribution in [0.15, 0.2) is 42.5 Å². The highest BCUT2D eigenvalue weighted by Crippen LogP contribution is 2.24. The Morgan fingerprint density at radius 1 is 1.32 bits per heavy atom. The molecule has 2 aromatic carbocycles. The molecule has 0 atom stereocenters. The number of hydrogen-bond acceptors (Lipinski definition) is 4. The minimum atomic E-state index is -2.45. The third kappa shape index (κ3) is 2.82. The summed E-state index contributed by atoms with van der Waals surface area (Å²) in [6.45, 7) is 2.06. The van der Waals surface area contributed by atoms with E-state index >= 15 is 0 Å². The number of nitrogens with one attached hydrogen (secondary N) is 1. The molecule has 0 spiro atoms. The lowest BCUT2D eigenvalue weighted by molar-refractivity contribution is 0.616. The molecule has 0 fully saturated rings. The lowest BCUT2D eigenvalue weighted by Crippen LogP contribution is -2.02. The Morgan fingerprint density at radius 2 is 2.18 bits per heavy atom. The van der Waals surface area contributed by atoms with Gasteiger partial charge in [-0.05, 0) is 36.4 Å². The largest absolute Gasteiger partial charge is 0.372 e. The van der Waals surface area contributed by atoms with Crippen LogP contribution >= 0.6 is 0 Å². The Bertz CT molecular complexity index is 862. The predicted molar refractivity (Wildman–Crippen MR) is 88.1 cm³/mol. The maximum atomic E-state index is 10.7. The van der Waals surface area contributed by atoms with Gasteiger partial charge >= 0.3 is 0 Å². The predicted octanol–water partition coefficient (Wildman–Crippen LogP) is 2.37. The molecule has 1 aromatic heterocycles. The zero-order chi connectivity index (χ0) is 15.5. The fourth-order valence-electron chi connectivity index (χ4n) is 2.44. The summed E-state index contributed by atoms with van der Waals surface area (Å²) in [6.07, 6.45) is 0.804. The Labute approximate surface area is 130 Å². The van der Waals surface area contributed by atoms with Crippen LogP contribution in [-0.4, -0.2) is 23.8 Å². The number of thiol groups is 1. The first-order valence-electron chi connectivity index (χ1n) is 7.02. The van der Waals surface area contributed by atoms with Gasteiger partial charge in [-0.25, -0.2) is 13.4 Å². The van der Waals surface area contributed by atoms with Gasteiger partial charge < -0.3 is 5.32 Å². The van der Waals surface area contributed by atoms with Gasteiger partial charge in [0.15, 0.2) is 10.7 Å². The Balaban J connectivity index is 2.09. The zero-order valence-electron chi connectivity index (χ0n) is 12.1. The topological polar surface area (TPSA) is 64.0 Å². The molecule has 0 aliphatic carbocycles. The highest BCUT2D eigenvalue weighted by Gasteiger charge is 2.11. The molecular formula is C16H16N3O2S. The minimum absolute atomic E-state index is 0.0736. The van der Waals surface area contributed by atoms with Gasteiger partial charge in [-0.2, -0.15) is 0 Å². The van der Waals surface area contributed by atoms with E-state index in [0.29, 0.717) is 0 Å². The van der Waals surface area contributed by atoms with Crippen LogP contribution in [0, 0.1) is 6.07 Å². The first kappa shape index (κ1) is 14.6. The van der Waals surface area contributed by atoms with Crippen LogP contribution in [0.2, 0.25) is 0 Å². The SMILES string of the molecule is CCc1nc2cc(NC[SH](=O)=O)ccc2n1-c1c[c]ccc1. The molecule has 3 rings (SSSR count). The Kier molecular flexibility index (Phi) is 4.11. The molecule has 113 valence electrons. The first-order valence-corrected chi connectivity index (χ1v) is 8.39. The van der Waals surface area contributed by atoms with E-state index in [2.05, 4.69) is 27.9 Å². The second-order valence-corrected chi connectivity index (χ2v) is 5.83. The number of hydrogen-bond donors (Lipinski definition) is 2. The number of anilines is 1. The van der Waals surface area contributed by atoms with Gasteiger partial charge in [0.25, 0.3) is 0 Å². The fourth-order valence-corrected chi connectivity index (χ4v) is 2.76. The van der Waals surface area contributed by atoms with Crippen molar-refractivity contribution in [2.75, 3.05) is 11.2 Å². The molecule has 1 N–H and O–H groups in total. The molecule has 0 saturated heterocycles. The van der Waals surface area contributed by atoms with E-state index in [4.69, 9.17) is 0 Å². The summed E-state index contributed by atoms with van der Waals surface area (Å²) in [4.78, 5) is 4.65. The molecule has 1 radical (unpaired) electrons. The van der Waals surface area contributed by atoms with E-state index in [9.17, 15) is 8.42 Å². The van der Waals surface area contributed by atoms with Crippen LogP contribution in [0.25, 0.3) is 16.7 Å². The second-order valence-electron chi connectivity index (χ2n) is 4.85. The Morgan fingerprint density at radius 3 is 2.86 bits per heavy atom. The van der Waals surface area contributed by atoms with E-state index in [1.165, 1.54) is 0 Å². The van der Waals surface area contributed by atoms with Crippen LogP contribution < -0.4 is 5.32 Å². The molecule has 0 aliphatic rings. The van der Waals surface area contributed by atoms with Crippen molar-refractivity contribution in [1.82, 2.24) is 9.55 Å². The van der Waals surface area contributed by atoms with Crippen molar-refractivity contribution in [2.45, 2.75) is 13.3 Å². The summed E-state index contributed by atoms with van der Waals surface area (Å²) < 4.78 is 23.5. The normalized spacial score (nSPS) is 11.2. The summed E-state index contributed by atoms with van der Waals surface area (Å²) in [6, 6.07) is 16.5. The van der Waals surface area contributed by atoms with Crippen LogP contribution in [0.1, 0.15) is 12.7 Å². The van der Waals surface area contributed by atoms with Crippen molar-refractivity contribution >= 4 is 27.4 Å². The summed E-state index contributed by atoms with van der Waals surface area (Å²) in [7, 11) is -2.45.